The minimum Gasteiger partial charge on any atom is -0.331 e. The molecular formula is C7H11ClN2. The van der Waals surface area contributed by atoms with E-state index in [0.717, 1.165) is 18.1 Å². The van der Waals surface area contributed by atoms with Gasteiger partial charge in [-0.2, -0.15) is 0 Å². The van der Waals surface area contributed by atoms with Crippen LogP contribution in [0.15, 0.2) is 0 Å². The van der Waals surface area contributed by atoms with E-state index in [1.54, 1.807) is 0 Å². The van der Waals surface area contributed by atoms with Crippen LogP contribution >= 0.6 is 11.6 Å². The quantitative estimate of drug-likeness (QED) is 0.613. The molecule has 0 unspecified atom stereocenters. The van der Waals surface area contributed by atoms with Gasteiger partial charge >= 0.3 is 0 Å². The summed E-state index contributed by atoms with van der Waals surface area (Å²) in [5.74, 6) is 0.991. The van der Waals surface area contributed by atoms with Gasteiger partial charge in [-0.3, -0.25) is 0 Å². The summed E-state index contributed by atoms with van der Waals surface area (Å²) >= 11 is 5.78. The molecule has 2 nitrogen and oxygen atoms in total. The predicted molar refractivity (Wildman–Crippen MR) is 42.4 cm³/mol. The number of rotatable bonds is 1. The lowest BCUT2D eigenvalue weighted by Crippen LogP contribution is -1.98. The first-order valence-corrected chi connectivity index (χ1v) is 3.73. The summed E-state index contributed by atoms with van der Waals surface area (Å²) in [4.78, 5) is 4.11. The normalized spacial score (nSPS) is 10.4. The summed E-state index contributed by atoms with van der Waals surface area (Å²) in [5, 5.41) is 0.624. The molecule has 56 valence electrons. The van der Waals surface area contributed by atoms with Gasteiger partial charge in [0, 0.05) is 6.54 Å². The third-order valence-corrected chi connectivity index (χ3v) is 2.03. The third kappa shape index (κ3) is 1.03. The summed E-state index contributed by atoms with van der Waals surface area (Å²) in [6.07, 6.45) is 0. The first-order chi connectivity index (χ1) is 4.66. The van der Waals surface area contributed by atoms with Crippen molar-refractivity contribution in [2.24, 2.45) is 0 Å². The molecule has 0 atom stereocenters. The number of halogens is 1. The SMILES string of the molecule is CCn1c(C)nc(Cl)c1C. The second-order valence-electron chi connectivity index (χ2n) is 2.28. The zero-order valence-corrected chi connectivity index (χ0v) is 7.24. The Balaban J connectivity index is 3.20. The van der Waals surface area contributed by atoms with E-state index in [2.05, 4.69) is 16.5 Å². The fourth-order valence-electron chi connectivity index (χ4n) is 1.10. The van der Waals surface area contributed by atoms with Crippen molar-refractivity contribution in [1.82, 2.24) is 9.55 Å². The van der Waals surface area contributed by atoms with Crippen molar-refractivity contribution in [3.63, 3.8) is 0 Å². The summed E-state index contributed by atoms with van der Waals surface area (Å²) in [5.41, 5.74) is 1.06. The van der Waals surface area contributed by atoms with Gasteiger partial charge in [0.2, 0.25) is 0 Å². The molecule has 0 aliphatic rings. The van der Waals surface area contributed by atoms with Crippen molar-refractivity contribution < 1.29 is 0 Å². The molecule has 10 heavy (non-hydrogen) atoms. The Labute approximate surface area is 65.8 Å². The van der Waals surface area contributed by atoms with Gasteiger partial charge in [-0.05, 0) is 20.8 Å². The molecule has 1 aromatic heterocycles. The maximum absolute atomic E-state index is 5.78. The molecule has 3 heteroatoms. The first-order valence-electron chi connectivity index (χ1n) is 3.36. The largest absolute Gasteiger partial charge is 0.331 e. The van der Waals surface area contributed by atoms with Crippen LogP contribution in [0.1, 0.15) is 18.4 Å². The van der Waals surface area contributed by atoms with Gasteiger partial charge in [-0.15, -0.1) is 0 Å². The van der Waals surface area contributed by atoms with E-state index in [9.17, 15) is 0 Å². The Morgan fingerprint density at radius 1 is 1.50 bits per heavy atom. The van der Waals surface area contributed by atoms with Crippen LogP contribution < -0.4 is 0 Å². The smallest absolute Gasteiger partial charge is 0.150 e. The Morgan fingerprint density at radius 3 is 2.30 bits per heavy atom. The zero-order chi connectivity index (χ0) is 7.72. The molecule has 0 N–H and O–H groups in total. The molecule has 0 aliphatic carbocycles. The van der Waals surface area contributed by atoms with Crippen molar-refractivity contribution in [3.05, 3.63) is 16.7 Å². The zero-order valence-electron chi connectivity index (χ0n) is 6.48. The van der Waals surface area contributed by atoms with E-state index in [1.165, 1.54) is 0 Å². The number of aromatic nitrogens is 2. The van der Waals surface area contributed by atoms with Crippen molar-refractivity contribution in [2.45, 2.75) is 27.3 Å². The summed E-state index contributed by atoms with van der Waals surface area (Å²) in [6, 6.07) is 0. The topological polar surface area (TPSA) is 17.8 Å². The van der Waals surface area contributed by atoms with Gasteiger partial charge in [0.25, 0.3) is 0 Å². The standard InChI is InChI=1S/C7H11ClN2/c1-4-10-5(2)7(8)9-6(10)3/h4H2,1-3H3. The maximum Gasteiger partial charge on any atom is 0.150 e. The molecule has 0 spiro atoms. The van der Waals surface area contributed by atoms with Crippen LogP contribution in [0.5, 0.6) is 0 Å². The Kier molecular flexibility index (Phi) is 2.00. The molecular weight excluding hydrogens is 148 g/mol. The number of hydrogen-bond acceptors (Lipinski definition) is 1. The lowest BCUT2D eigenvalue weighted by atomic mass is 10.5. The number of imidazole rings is 1. The van der Waals surface area contributed by atoms with Crippen LogP contribution in [0.25, 0.3) is 0 Å². The van der Waals surface area contributed by atoms with Crippen molar-refractivity contribution >= 4 is 11.6 Å². The highest BCUT2D eigenvalue weighted by atomic mass is 35.5. The highest BCUT2D eigenvalue weighted by molar-refractivity contribution is 6.30. The fraction of sp³-hybridized carbons (Fsp3) is 0.571. The van der Waals surface area contributed by atoms with Gasteiger partial charge in [0.05, 0.1) is 5.69 Å². The molecule has 0 fully saturated rings. The highest BCUT2D eigenvalue weighted by Crippen LogP contribution is 2.14. The summed E-state index contributed by atoms with van der Waals surface area (Å²) in [7, 11) is 0. The van der Waals surface area contributed by atoms with Gasteiger partial charge in [-0.25, -0.2) is 4.98 Å². The van der Waals surface area contributed by atoms with Gasteiger partial charge in [-0.1, -0.05) is 11.6 Å². The molecule has 0 saturated heterocycles. The average Bonchev–Trinajstić information content (AvgIpc) is 2.09. The second kappa shape index (κ2) is 2.62. The Bertz CT molecular complexity index is 240. The van der Waals surface area contributed by atoms with Crippen LogP contribution in [-0.2, 0) is 6.54 Å². The monoisotopic (exact) mass is 158 g/mol. The van der Waals surface area contributed by atoms with E-state index in [0.29, 0.717) is 5.15 Å². The Morgan fingerprint density at radius 2 is 2.10 bits per heavy atom. The van der Waals surface area contributed by atoms with Crippen molar-refractivity contribution in [3.8, 4) is 0 Å². The number of nitrogens with zero attached hydrogens (tertiary/aromatic N) is 2. The second-order valence-corrected chi connectivity index (χ2v) is 2.64. The summed E-state index contributed by atoms with van der Waals surface area (Å²) < 4.78 is 2.09. The Hall–Kier alpha value is -0.500. The van der Waals surface area contributed by atoms with Crippen LogP contribution in [0.4, 0.5) is 0 Å². The maximum atomic E-state index is 5.78. The first kappa shape index (κ1) is 7.61. The van der Waals surface area contributed by atoms with Crippen molar-refractivity contribution in [1.29, 1.82) is 0 Å². The summed E-state index contributed by atoms with van der Waals surface area (Å²) in [6.45, 7) is 6.96. The highest BCUT2D eigenvalue weighted by Gasteiger charge is 2.05. The number of hydrogen-bond donors (Lipinski definition) is 0. The third-order valence-electron chi connectivity index (χ3n) is 1.67. The van der Waals surface area contributed by atoms with E-state index < -0.39 is 0 Å². The molecule has 0 radical (unpaired) electrons. The van der Waals surface area contributed by atoms with Gasteiger partial charge in [0.15, 0.2) is 0 Å². The predicted octanol–water partition coefficient (Wildman–Crippen LogP) is 2.17. The lowest BCUT2D eigenvalue weighted by molar-refractivity contribution is 0.709. The fourth-order valence-corrected chi connectivity index (χ4v) is 1.33. The average molecular weight is 159 g/mol. The van der Waals surface area contributed by atoms with E-state index in [1.807, 2.05) is 13.8 Å². The molecule has 0 amide bonds. The minimum absolute atomic E-state index is 0.624. The molecule has 1 rings (SSSR count). The molecule has 0 aromatic carbocycles. The van der Waals surface area contributed by atoms with Crippen LogP contribution in [0.2, 0.25) is 5.15 Å². The molecule has 0 bridgehead atoms. The van der Waals surface area contributed by atoms with Gasteiger partial charge < -0.3 is 4.57 Å². The molecule has 0 aliphatic heterocycles. The van der Waals surface area contributed by atoms with E-state index >= 15 is 0 Å². The van der Waals surface area contributed by atoms with Crippen LogP contribution in [0.3, 0.4) is 0 Å². The van der Waals surface area contributed by atoms with Crippen LogP contribution in [-0.4, -0.2) is 9.55 Å². The van der Waals surface area contributed by atoms with E-state index in [4.69, 9.17) is 11.6 Å². The lowest BCUT2D eigenvalue weighted by Gasteiger charge is -2.00. The molecule has 1 aromatic rings. The molecule has 0 saturated carbocycles. The van der Waals surface area contributed by atoms with Gasteiger partial charge in [0.1, 0.15) is 11.0 Å². The van der Waals surface area contributed by atoms with E-state index in [-0.39, 0.29) is 0 Å². The minimum atomic E-state index is 0.624. The van der Waals surface area contributed by atoms with Crippen molar-refractivity contribution in [2.75, 3.05) is 0 Å². The number of aryl methyl sites for hydroxylation is 1. The molecule has 1 heterocycles. The van der Waals surface area contributed by atoms with Crippen LogP contribution in [0, 0.1) is 13.8 Å².